The SMILES string of the molecule is COc1cc(C(=O)N2CCN(CCN3CCCC3=O)CC2)ccc1C. The van der Waals surface area contributed by atoms with Gasteiger partial charge in [0.1, 0.15) is 5.75 Å². The van der Waals surface area contributed by atoms with Gasteiger partial charge in [0.25, 0.3) is 5.91 Å². The zero-order valence-corrected chi connectivity index (χ0v) is 15.2. The Kier molecular flexibility index (Phi) is 5.58. The summed E-state index contributed by atoms with van der Waals surface area (Å²) in [5.41, 5.74) is 1.71. The third-order valence-electron chi connectivity index (χ3n) is 5.17. The average molecular weight is 345 g/mol. The van der Waals surface area contributed by atoms with Crippen LogP contribution in [-0.2, 0) is 4.79 Å². The number of benzene rings is 1. The van der Waals surface area contributed by atoms with Crippen LogP contribution in [0.4, 0.5) is 0 Å². The number of piperazine rings is 1. The highest BCUT2D eigenvalue weighted by atomic mass is 16.5. The molecule has 1 aromatic rings. The van der Waals surface area contributed by atoms with E-state index in [1.807, 2.05) is 34.9 Å². The van der Waals surface area contributed by atoms with E-state index in [-0.39, 0.29) is 11.8 Å². The fourth-order valence-electron chi connectivity index (χ4n) is 3.51. The summed E-state index contributed by atoms with van der Waals surface area (Å²) in [6.07, 6.45) is 1.68. The maximum atomic E-state index is 12.7. The second kappa shape index (κ2) is 7.87. The molecule has 2 aliphatic heterocycles. The molecule has 136 valence electrons. The van der Waals surface area contributed by atoms with Gasteiger partial charge >= 0.3 is 0 Å². The summed E-state index contributed by atoms with van der Waals surface area (Å²) in [4.78, 5) is 30.6. The van der Waals surface area contributed by atoms with Crippen LogP contribution in [0.5, 0.6) is 5.75 Å². The molecule has 0 spiro atoms. The Morgan fingerprint density at radius 1 is 1.12 bits per heavy atom. The number of carbonyl (C=O) groups is 2. The minimum atomic E-state index is 0.0627. The average Bonchev–Trinajstić information content (AvgIpc) is 3.05. The number of carbonyl (C=O) groups excluding carboxylic acids is 2. The molecule has 1 aromatic carbocycles. The molecule has 0 aromatic heterocycles. The number of amides is 2. The van der Waals surface area contributed by atoms with Gasteiger partial charge in [-0.05, 0) is 31.0 Å². The van der Waals surface area contributed by atoms with Gasteiger partial charge in [-0.3, -0.25) is 14.5 Å². The van der Waals surface area contributed by atoms with Gasteiger partial charge in [0, 0.05) is 57.8 Å². The van der Waals surface area contributed by atoms with Crippen LogP contribution in [0.2, 0.25) is 0 Å². The Morgan fingerprint density at radius 2 is 1.88 bits per heavy atom. The maximum absolute atomic E-state index is 12.7. The Bertz CT molecular complexity index is 639. The van der Waals surface area contributed by atoms with Gasteiger partial charge in [0.05, 0.1) is 7.11 Å². The van der Waals surface area contributed by atoms with Crippen molar-refractivity contribution in [1.82, 2.24) is 14.7 Å². The van der Waals surface area contributed by atoms with Gasteiger partial charge in [-0.2, -0.15) is 0 Å². The van der Waals surface area contributed by atoms with E-state index in [0.29, 0.717) is 12.0 Å². The molecular formula is C19H27N3O3. The van der Waals surface area contributed by atoms with E-state index in [1.165, 1.54) is 0 Å². The van der Waals surface area contributed by atoms with Crippen molar-refractivity contribution in [3.05, 3.63) is 29.3 Å². The molecule has 6 nitrogen and oxygen atoms in total. The summed E-state index contributed by atoms with van der Waals surface area (Å²) >= 11 is 0. The number of nitrogens with zero attached hydrogens (tertiary/aromatic N) is 3. The summed E-state index contributed by atoms with van der Waals surface area (Å²) in [5.74, 6) is 1.09. The van der Waals surface area contributed by atoms with Crippen LogP contribution in [0.1, 0.15) is 28.8 Å². The molecule has 2 amide bonds. The third kappa shape index (κ3) is 4.12. The highest BCUT2D eigenvalue weighted by Gasteiger charge is 2.24. The fourth-order valence-corrected chi connectivity index (χ4v) is 3.51. The summed E-state index contributed by atoms with van der Waals surface area (Å²) < 4.78 is 5.32. The number of ether oxygens (including phenoxy) is 1. The normalized spacial score (nSPS) is 18.7. The quantitative estimate of drug-likeness (QED) is 0.809. The molecule has 2 aliphatic rings. The predicted octanol–water partition coefficient (Wildman–Crippen LogP) is 1.38. The van der Waals surface area contributed by atoms with Crippen molar-refractivity contribution < 1.29 is 14.3 Å². The molecule has 0 bridgehead atoms. The van der Waals surface area contributed by atoms with Crippen molar-refractivity contribution in [3.63, 3.8) is 0 Å². The molecule has 0 atom stereocenters. The molecular weight excluding hydrogens is 318 g/mol. The van der Waals surface area contributed by atoms with Crippen LogP contribution in [0, 0.1) is 6.92 Å². The van der Waals surface area contributed by atoms with Gasteiger partial charge in [0.2, 0.25) is 5.91 Å². The molecule has 2 fully saturated rings. The van der Waals surface area contributed by atoms with Gasteiger partial charge in [-0.15, -0.1) is 0 Å². The van der Waals surface area contributed by atoms with Crippen molar-refractivity contribution >= 4 is 11.8 Å². The molecule has 3 rings (SSSR count). The van der Waals surface area contributed by atoms with Crippen LogP contribution < -0.4 is 4.74 Å². The van der Waals surface area contributed by atoms with Crippen LogP contribution in [0.3, 0.4) is 0 Å². The van der Waals surface area contributed by atoms with Crippen LogP contribution in [-0.4, -0.2) is 79.4 Å². The molecule has 2 heterocycles. The van der Waals surface area contributed by atoms with E-state index in [9.17, 15) is 9.59 Å². The molecule has 2 saturated heterocycles. The highest BCUT2D eigenvalue weighted by Crippen LogP contribution is 2.20. The van der Waals surface area contributed by atoms with Crippen LogP contribution >= 0.6 is 0 Å². The van der Waals surface area contributed by atoms with E-state index in [2.05, 4.69) is 4.90 Å². The molecule has 25 heavy (non-hydrogen) atoms. The van der Waals surface area contributed by atoms with E-state index < -0.39 is 0 Å². The Labute approximate surface area is 149 Å². The third-order valence-corrected chi connectivity index (χ3v) is 5.17. The van der Waals surface area contributed by atoms with E-state index in [4.69, 9.17) is 4.74 Å². The van der Waals surface area contributed by atoms with Gasteiger partial charge in [-0.25, -0.2) is 0 Å². The minimum absolute atomic E-state index is 0.0627. The minimum Gasteiger partial charge on any atom is -0.496 e. The molecule has 0 radical (unpaired) electrons. The smallest absolute Gasteiger partial charge is 0.254 e. The monoisotopic (exact) mass is 345 g/mol. The summed E-state index contributed by atoms with van der Waals surface area (Å²) in [6.45, 7) is 7.73. The number of rotatable bonds is 5. The van der Waals surface area contributed by atoms with E-state index >= 15 is 0 Å². The lowest BCUT2D eigenvalue weighted by Crippen LogP contribution is -2.50. The fraction of sp³-hybridized carbons (Fsp3) is 0.579. The first-order chi connectivity index (χ1) is 12.1. The molecule has 0 aliphatic carbocycles. The van der Waals surface area contributed by atoms with Crippen molar-refractivity contribution in [2.75, 3.05) is 52.9 Å². The standard InChI is InChI=1S/C19H27N3O3/c1-15-5-6-16(14-17(15)25-2)19(24)22-12-9-20(10-13-22)8-11-21-7-3-4-18(21)23/h5-6,14H,3-4,7-13H2,1-2H3. The first kappa shape index (κ1) is 17.7. The van der Waals surface area contributed by atoms with Crippen molar-refractivity contribution in [2.24, 2.45) is 0 Å². The first-order valence-corrected chi connectivity index (χ1v) is 9.02. The number of likely N-dealkylation sites (tertiary alicyclic amines) is 1. The predicted molar refractivity (Wildman–Crippen MR) is 95.9 cm³/mol. The lowest BCUT2D eigenvalue weighted by atomic mass is 10.1. The van der Waals surface area contributed by atoms with Crippen molar-refractivity contribution in [2.45, 2.75) is 19.8 Å². The van der Waals surface area contributed by atoms with Gasteiger partial charge < -0.3 is 14.5 Å². The number of methoxy groups -OCH3 is 1. The van der Waals surface area contributed by atoms with Crippen molar-refractivity contribution in [1.29, 1.82) is 0 Å². The summed E-state index contributed by atoms with van der Waals surface area (Å²) in [7, 11) is 1.63. The molecule has 0 N–H and O–H groups in total. The van der Waals surface area contributed by atoms with E-state index in [0.717, 1.165) is 63.5 Å². The summed E-state index contributed by atoms with van der Waals surface area (Å²) in [6, 6.07) is 5.62. The maximum Gasteiger partial charge on any atom is 0.254 e. The van der Waals surface area contributed by atoms with E-state index in [1.54, 1.807) is 7.11 Å². The second-order valence-electron chi connectivity index (χ2n) is 6.80. The van der Waals surface area contributed by atoms with Gasteiger partial charge in [-0.1, -0.05) is 6.07 Å². The highest BCUT2D eigenvalue weighted by molar-refractivity contribution is 5.94. The zero-order chi connectivity index (χ0) is 17.8. The molecule has 0 unspecified atom stereocenters. The zero-order valence-electron chi connectivity index (χ0n) is 15.2. The Hall–Kier alpha value is -2.08. The van der Waals surface area contributed by atoms with Crippen LogP contribution in [0.25, 0.3) is 0 Å². The number of hydrogen-bond acceptors (Lipinski definition) is 4. The van der Waals surface area contributed by atoms with Crippen molar-refractivity contribution in [3.8, 4) is 5.75 Å². The first-order valence-electron chi connectivity index (χ1n) is 9.02. The molecule has 6 heteroatoms. The summed E-state index contributed by atoms with van der Waals surface area (Å²) in [5, 5.41) is 0. The van der Waals surface area contributed by atoms with Gasteiger partial charge in [0.15, 0.2) is 0 Å². The van der Waals surface area contributed by atoms with Crippen LogP contribution in [0.15, 0.2) is 18.2 Å². The second-order valence-corrected chi connectivity index (χ2v) is 6.80. The largest absolute Gasteiger partial charge is 0.496 e. The number of hydrogen-bond donors (Lipinski definition) is 0. The topological polar surface area (TPSA) is 53.1 Å². The Morgan fingerprint density at radius 3 is 2.52 bits per heavy atom. The molecule has 0 saturated carbocycles. The Balaban J connectivity index is 1.50. The lowest BCUT2D eigenvalue weighted by molar-refractivity contribution is -0.127. The lowest BCUT2D eigenvalue weighted by Gasteiger charge is -2.35. The number of aryl methyl sites for hydroxylation is 1.